The molecule has 0 radical (unpaired) electrons. The Bertz CT molecular complexity index is 493. The molecule has 0 aromatic heterocycles. The van der Waals surface area contributed by atoms with Crippen LogP contribution in [0.25, 0.3) is 0 Å². The Kier molecular flexibility index (Phi) is 3.77. The van der Waals surface area contributed by atoms with Crippen molar-refractivity contribution in [2.45, 2.75) is 31.3 Å². The van der Waals surface area contributed by atoms with Gasteiger partial charge in [-0.2, -0.15) is 0 Å². The number of fused-ring (bicyclic) bond motifs is 2. The van der Waals surface area contributed by atoms with E-state index in [0.717, 1.165) is 32.5 Å². The molecule has 0 amide bonds. The number of hydrogen-bond donors (Lipinski definition) is 1. The average molecular weight is 302 g/mol. The van der Waals surface area contributed by atoms with Gasteiger partial charge in [-0.25, -0.2) is 8.42 Å². The summed E-state index contributed by atoms with van der Waals surface area (Å²) in [6, 6.07) is 0.136. The van der Waals surface area contributed by atoms with Crippen LogP contribution in [-0.2, 0) is 14.6 Å². The van der Waals surface area contributed by atoms with Crippen LogP contribution < -0.4 is 0 Å². The van der Waals surface area contributed by atoms with Crippen molar-refractivity contribution >= 4 is 15.8 Å². The number of sulfone groups is 1. The lowest BCUT2D eigenvalue weighted by Crippen LogP contribution is -2.53. The van der Waals surface area contributed by atoms with Crippen LogP contribution >= 0.6 is 0 Å². The van der Waals surface area contributed by atoms with E-state index < -0.39 is 15.8 Å². The second kappa shape index (κ2) is 5.27. The monoisotopic (exact) mass is 302 g/mol. The lowest BCUT2D eigenvalue weighted by molar-refractivity contribution is -0.140. The van der Waals surface area contributed by atoms with Gasteiger partial charge in [-0.1, -0.05) is 0 Å². The SMILES string of the molecule is O=C(O)CN(C1CCS(=O)(=O)C1)C1CCN2CCC1C2. The minimum Gasteiger partial charge on any atom is -0.480 e. The van der Waals surface area contributed by atoms with Gasteiger partial charge in [0.15, 0.2) is 9.84 Å². The Morgan fingerprint density at radius 3 is 2.65 bits per heavy atom. The summed E-state index contributed by atoms with van der Waals surface area (Å²) in [6.07, 6.45) is 2.66. The maximum absolute atomic E-state index is 11.7. The summed E-state index contributed by atoms with van der Waals surface area (Å²) in [7, 11) is -2.97. The van der Waals surface area contributed by atoms with Crippen molar-refractivity contribution in [3.8, 4) is 0 Å². The van der Waals surface area contributed by atoms with E-state index in [1.165, 1.54) is 0 Å². The smallest absolute Gasteiger partial charge is 0.317 e. The highest BCUT2D eigenvalue weighted by Gasteiger charge is 2.42. The second-order valence-corrected chi connectivity index (χ2v) is 8.56. The summed E-state index contributed by atoms with van der Waals surface area (Å²) in [6.45, 7) is 3.13. The molecule has 3 saturated heterocycles. The molecule has 114 valence electrons. The predicted octanol–water partition coefficient (Wildman–Crippen LogP) is -0.346. The van der Waals surface area contributed by atoms with Crippen molar-refractivity contribution in [2.24, 2.45) is 5.92 Å². The first kappa shape index (κ1) is 14.3. The van der Waals surface area contributed by atoms with E-state index in [-0.39, 0.29) is 30.1 Å². The van der Waals surface area contributed by atoms with Crippen LogP contribution in [0.3, 0.4) is 0 Å². The van der Waals surface area contributed by atoms with Crippen molar-refractivity contribution in [3.05, 3.63) is 0 Å². The van der Waals surface area contributed by atoms with Gasteiger partial charge in [0.2, 0.25) is 0 Å². The standard InChI is InChI=1S/C13H22N2O4S/c16-13(17)8-15(11-3-6-20(18,19)9-11)12-2-5-14-4-1-10(12)7-14/h10-12H,1-9H2,(H,16,17). The molecule has 0 aliphatic carbocycles. The highest BCUT2D eigenvalue weighted by Crippen LogP contribution is 2.33. The van der Waals surface area contributed by atoms with E-state index in [1.54, 1.807) is 0 Å². The van der Waals surface area contributed by atoms with Crippen LogP contribution in [0.2, 0.25) is 0 Å². The Balaban J connectivity index is 1.77. The van der Waals surface area contributed by atoms with E-state index in [0.29, 0.717) is 12.3 Å². The third-order valence-corrected chi connectivity index (χ3v) is 6.77. The third kappa shape index (κ3) is 2.84. The molecule has 3 aliphatic rings. The molecule has 0 aromatic rings. The van der Waals surface area contributed by atoms with Crippen molar-refractivity contribution in [1.29, 1.82) is 0 Å². The Morgan fingerprint density at radius 2 is 2.00 bits per heavy atom. The topological polar surface area (TPSA) is 77.9 Å². The van der Waals surface area contributed by atoms with Gasteiger partial charge in [-0.3, -0.25) is 9.69 Å². The second-order valence-electron chi connectivity index (χ2n) is 6.33. The first-order valence-electron chi connectivity index (χ1n) is 7.35. The summed E-state index contributed by atoms with van der Waals surface area (Å²) < 4.78 is 23.4. The molecule has 3 fully saturated rings. The summed E-state index contributed by atoms with van der Waals surface area (Å²) in [5.41, 5.74) is 0. The molecule has 2 bridgehead atoms. The van der Waals surface area contributed by atoms with Gasteiger partial charge >= 0.3 is 5.97 Å². The van der Waals surface area contributed by atoms with Crippen molar-refractivity contribution < 1.29 is 18.3 Å². The summed E-state index contributed by atoms with van der Waals surface area (Å²) in [5, 5.41) is 9.17. The number of carboxylic acids is 1. The fraction of sp³-hybridized carbons (Fsp3) is 0.923. The molecule has 7 heteroatoms. The Labute approximate surface area is 119 Å². The van der Waals surface area contributed by atoms with Gasteiger partial charge in [0, 0.05) is 18.6 Å². The molecule has 0 aromatic carbocycles. The molecular weight excluding hydrogens is 280 g/mol. The third-order valence-electron chi connectivity index (χ3n) is 5.02. The highest BCUT2D eigenvalue weighted by molar-refractivity contribution is 7.91. The minimum absolute atomic E-state index is 0.0264. The van der Waals surface area contributed by atoms with Gasteiger partial charge in [-0.05, 0) is 38.3 Å². The van der Waals surface area contributed by atoms with Crippen molar-refractivity contribution in [3.63, 3.8) is 0 Å². The highest BCUT2D eigenvalue weighted by atomic mass is 32.2. The van der Waals surface area contributed by atoms with Crippen LogP contribution in [0, 0.1) is 5.92 Å². The molecule has 3 heterocycles. The van der Waals surface area contributed by atoms with E-state index >= 15 is 0 Å². The molecule has 6 nitrogen and oxygen atoms in total. The lowest BCUT2D eigenvalue weighted by Gasteiger charge is -2.41. The minimum atomic E-state index is -2.97. The molecule has 3 aliphatic heterocycles. The number of hydrogen-bond acceptors (Lipinski definition) is 5. The van der Waals surface area contributed by atoms with Gasteiger partial charge in [0.05, 0.1) is 18.1 Å². The van der Waals surface area contributed by atoms with Crippen molar-refractivity contribution in [2.75, 3.05) is 37.7 Å². The van der Waals surface area contributed by atoms with Crippen LogP contribution in [0.4, 0.5) is 0 Å². The number of aliphatic carboxylic acids is 1. The lowest BCUT2D eigenvalue weighted by atomic mass is 9.91. The molecule has 4 unspecified atom stereocenters. The predicted molar refractivity (Wildman–Crippen MR) is 74.4 cm³/mol. The Morgan fingerprint density at radius 1 is 1.25 bits per heavy atom. The number of carbonyl (C=O) groups is 1. The zero-order chi connectivity index (χ0) is 14.3. The molecule has 4 atom stereocenters. The summed E-state index contributed by atoms with van der Waals surface area (Å²) in [5.74, 6) is -0.00837. The van der Waals surface area contributed by atoms with Crippen molar-refractivity contribution in [1.82, 2.24) is 9.80 Å². The van der Waals surface area contributed by atoms with Gasteiger partial charge in [0.25, 0.3) is 0 Å². The zero-order valence-corrected chi connectivity index (χ0v) is 12.4. The molecule has 0 spiro atoms. The van der Waals surface area contributed by atoms with Gasteiger partial charge in [0.1, 0.15) is 0 Å². The van der Waals surface area contributed by atoms with Crippen LogP contribution in [0.1, 0.15) is 19.3 Å². The maximum Gasteiger partial charge on any atom is 0.317 e. The largest absolute Gasteiger partial charge is 0.480 e. The van der Waals surface area contributed by atoms with Crippen LogP contribution in [0.5, 0.6) is 0 Å². The summed E-state index contributed by atoms with van der Waals surface area (Å²) >= 11 is 0. The van der Waals surface area contributed by atoms with E-state index in [9.17, 15) is 18.3 Å². The number of carboxylic acid groups (broad SMARTS) is 1. The van der Waals surface area contributed by atoms with Crippen LogP contribution in [0.15, 0.2) is 0 Å². The number of piperidine rings is 1. The number of rotatable bonds is 4. The maximum atomic E-state index is 11.7. The van der Waals surface area contributed by atoms with E-state index in [1.807, 2.05) is 4.90 Å². The van der Waals surface area contributed by atoms with Gasteiger partial charge < -0.3 is 10.0 Å². The molecule has 3 rings (SSSR count). The molecule has 20 heavy (non-hydrogen) atoms. The normalized spacial score (nSPS) is 39.2. The molecular formula is C13H22N2O4S. The fourth-order valence-corrected chi connectivity index (χ4v) is 5.82. The Hall–Kier alpha value is -0.660. The first-order valence-corrected chi connectivity index (χ1v) is 9.17. The first-order chi connectivity index (χ1) is 9.44. The number of nitrogens with zero attached hydrogens (tertiary/aromatic N) is 2. The van der Waals surface area contributed by atoms with Crippen LogP contribution in [-0.4, -0.2) is 79.1 Å². The quantitative estimate of drug-likeness (QED) is 0.765. The zero-order valence-electron chi connectivity index (χ0n) is 11.6. The van der Waals surface area contributed by atoms with E-state index in [4.69, 9.17) is 0 Å². The van der Waals surface area contributed by atoms with E-state index in [2.05, 4.69) is 4.90 Å². The molecule has 0 saturated carbocycles. The van der Waals surface area contributed by atoms with Gasteiger partial charge in [-0.15, -0.1) is 0 Å². The molecule has 1 N–H and O–H groups in total. The average Bonchev–Trinajstić information content (AvgIpc) is 2.91. The fourth-order valence-electron chi connectivity index (χ4n) is 4.08. The summed E-state index contributed by atoms with van der Waals surface area (Å²) in [4.78, 5) is 15.6.